The molecule has 3 amide bonds. The summed E-state index contributed by atoms with van der Waals surface area (Å²) < 4.78 is 0. The second-order valence-corrected chi connectivity index (χ2v) is 9.00. The van der Waals surface area contributed by atoms with Crippen LogP contribution in [0.15, 0.2) is 36.0 Å². The molecule has 156 valence electrons. The van der Waals surface area contributed by atoms with Crippen molar-refractivity contribution < 1.29 is 9.59 Å². The van der Waals surface area contributed by atoms with Gasteiger partial charge in [0.25, 0.3) is 0 Å². The number of fused-ring (bicyclic) bond motifs is 2. The molecule has 3 aromatic heterocycles. The number of aromatic amines is 1. The summed E-state index contributed by atoms with van der Waals surface area (Å²) in [5.41, 5.74) is 3.44. The number of nitrogens with one attached hydrogen (secondary N) is 2. The third-order valence-electron chi connectivity index (χ3n) is 6.26. The van der Waals surface area contributed by atoms with E-state index in [1.807, 2.05) is 22.1 Å². The van der Waals surface area contributed by atoms with Crippen molar-refractivity contribution in [3.05, 3.63) is 52.0 Å². The first-order chi connectivity index (χ1) is 14.7. The van der Waals surface area contributed by atoms with E-state index in [4.69, 9.17) is 0 Å². The average Bonchev–Trinajstić information content (AvgIpc) is 3.43. The molecular weight excluding hydrogens is 398 g/mol. The highest BCUT2D eigenvalue weighted by molar-refractivity contribution is 7.10. The molecule has 0 aromatic carbocycles. The Labute approximate surface area is 179 Å². The first-order valence-corrected chi connectivity index (χ1v) is 11.3. The molecule has 0 bridgehead atoms. The zero-order valence-corrected chi connectivity index (χ0v) is 17.6. The summed E-state index contributed by atoms with van der Waals surface area (Å²) in [5, 5.41) is 6.08. The second-order valence-electron chi connectivity index (χ2n) is 8.00. The van der Waals surface area contributed by atoms with Crippen LogP contribution in [-0.4, -0.2) is 57.9 Å². The SMILES string of the molecule is O=C(CNC(=O)N1CCC(c2c[nH]c3ncccc23)CC1)N1CCc2sccc2C1. The highest BCUT2D eigenvalue weighted by atomic mass is 32.1. The van der Waals surface area contributed by atoms with E-state index >= 15 is 0 Å². The molecule has 5 heterocycles. The molecule has 5 rings (SSSR count). The van der Waals surface area contributed by atoms with Gasteiger partial charge in [0.2, 0.25) is 5.91 Å². The Hall–Kier alpha value is -2.87. The number of carbonyl (C=O) groups excluding carboxylic acids is 2. The van der Waals surface area contributed by atoms with Gasteiger partial charge in [-0.25, -0.2) is 9.78 Å². The number of amides is 3. The summed E-state index contributed by atoms with van der Waals surface area (Å²) in [5.74, 6) is 0.406. The van der Waals surface area contributed by atoms with E-state index < -0.39 is 0 Å². The highest BCUT2D eigenvalue weighted by Crippen LogP contribution is 2.32. The van der Waals surface area contributed by atoms with E-state index in [-0.39, 0.29) is 18.5 Å². The van der Waals surface area contributed by atoms with Crippen molar-refractivity contribution >= 4 is 34.3 Å². The van der Waals surface area contributed by atoms with E-state index in [0.717, 1.165) is 31.5 Å². The van der Waals surface area contributed by atoms with Gasteiger partial charge in [-0.1, -0.05) is 0 Å². The summed E-state index contributed by atoms with van der Waals surface area (Å²) in [4.78, 5) is 37.8. The monoisotopic (exact) mass is 423 g/mol. The molecule has 0 unspecified atom stereocenters. The Balaban J connectivity index is 1.12. The maximum atomic E-state index is 12.6. The van der Waals surface area contributed by atoms with E-state index in [1.54, 1.807) is 17.5 Å². The van der Waals surface area contributed by atoms with E-state index in [1.165, 1.54) is 21.4 Å². The number of pyridine rings is 1. The van der Waals surface area contributed by atoms with Crippen LogP contribution >= 0.6 is 11.3 Å². The van der Waals surface area contributed by atoms with Gasteiger partial charge in [-0.15, -0.1) is 11.3 Å². The largest absolute Gasteiger partial charge is 0.346 e. The predicted octanol–water partition coefficient (Wildman–Crippen LogP) is 3.10. The van der Waals surface area contributed by atoms with E-state index in [9.17, 15) is 9.59 Å². The lowest BCUT2D eigenvalue weighted by molar-refractivity contribution is -0.131. The van der Waals surface area contributed by atoms with Crippen molar-refractivity contribution in [2.45, 2.75) is 31.7 Å². The second kappa shape index (κ2) is 8.10. The fourth-order valence-electron chi connectivity index (χ4n) is 4.54. The number of H-pyrrole nitrogens is 1. The van der Waals surface area contributed by atoms with Crippen molar-refractivity contribution in [3.8, 4) is 0 Å². The summed E-state index contributed by atoms with van der Waals surface area (Å²) in [6.45, 7) is 2.83. The minimum atomic E-state index is -0.143. The van der Waals surface area contributed by atoms with Gasteiger partial charge in [-0.2, -0.15) is 0 Å². The molecule has 0 saturated carbocycles. The first-order valence-electron chi connectivity index (χ1n) is 10.5. The van der Waals surface area contributed by atoms with Crippen LogP contribution < -0.4 is 5.32 Å². The summed E-state index contributed by atoms with van der Waals surface area (Å²) in [6, 6.07) is 6.00. The molecule has 0 spiro atoms. The van der Waals surface area contributed by atoms with Crippen LogP contribution in [-0.2, 0) is 17.8 Å². The Bertz CT molecular complexity index is 1070. The highest BCUT2D eigenvalue weighted by Gasteiger charge is 2.27. The first kappa shape index (κ1) is 19.1. The molecule has 3 aromatic rings. The third-order valence-corrected chi connectivity index (χ3v) is 7.28. The standard InChI is InChI=1S/C22H25N5O2S/c28-20(27-10-5-19-16(14-27)6-11-30-19)13-25-22(29)26-8-3-15(4-9-26)18-12-24-21-17(18)2-1-7-23-21/h1-2,6-7,11-12,15H,3-5,8-10,13-14H2,(H,23,24)(H,25,29). The Morgan fingerprint density at radius 3 is 2.93 bits per heavy atom. The number of likely N-dealkylation sites (tertiary alicyclic amines) is 1. The number of hydrogen-bond donors (Lipinski definition) is 2. The summed E-state index contributed by atoms with van der Waals surface area (Å²) in [7, 11) is 0. The number of urea groups is 1. The van der Waals surface area contributed by atoms with E-state index in [2.05, 4.69) is 32.8 Å². The van der Waals surface area contributed by atoms with Gasteiger partial charge in [0.1, 0.15) is 5.65 Å². The van der Waals surface area contributed by atoms with Crippen LogP contribution in [0.5, 0.6) is 0 Å². The number of rotatable bonds is 3. The molecule has 2 aliphatic rings. The molecule has 2 aliphatic heterocycles. The fraction of sp³-hybridized carbons (Fsp3) is 0.409. The lowest BCUT2D eigenvalue weighted by Gasteiger charge is -2.32. The average molecular weight is 424 g/mol. The molecule has 30 heavy (non-hydrogen) atoms. The van der Waals surface area contributed by atoms with Gasteiger partial charge in [0.15, 0.2) is 0 Å². The maximum Gasteiger partial charge on any atom is 0.317 e. The smallest absolute Gasteiger partial charge is 0.317 e. The Morgan fingerprint density at radius 2 is 2.07 bits per heavy atom. The number of aromatic nitrogens is 2. The number of piperidine rings is 1. The van der Waals surface area contributed by atoms with Crippen LogP contribution in [0, 0.1) is 0 Å². The topological polar surface area (TPSA) is 81.3 Å². The fourth-order valence-corrected chi connectivity index (χ4v) is 5.43. The molecular formula is C22H25N5O2S. The molecule has 7 nitrogen and oxygen atoms in total. The van der Waals surface area contributed by atoms with Crippen LogP contribution in [0.3, 0.4) is 0 Å². The van der Waals surface area contributed by atoms with Gasteiger partial charge < -0.3 is 20.1 Å². The molecule has 8 heteroatoms. The van der Waals surface area contributed by atoms with Gasteiger partial charge in [0.05, 0.1) is 6.54 Å². The number of nitrogens with zero attached hydrogens (tertiary/aromatic N) is 3. The lowest BCUT2D eigenvalue weighted by Crippen LogP contribution is -2.48. The van der Waals surface area contributed by atoms with Crippen LogP contribution in [0.25, 0.3) is 11.0 Å². The Kier molecular flexibility index (Phi) is 5.16. The van der Waals surface area contributed by atoms with E-state index in [0.29, 0.717) is 25.6 Å². The van der Waals surface area contributed by atoms with Gasteiger partial charge in [-0.05, 0) is 59.9 Å². The molecule has 1 fully saturated rings. The van der Waals surface area contributed by atoms with Crippen molar-refractivity contribution in [2.24, 2.45) is 0 Å². The van der Waals surface area contributed by atoms with Gasteiger partial charge in [0, 0.05) is 48.8 Å². The van der Waals surface area contributed by atoms with Crippen molar-refractivity contribution in [3.63, 3.8) is 0 Å². The van der Waals surface area contributed by atoms with Crippen molar-refractivity contribution in [1.82, 2.24) is 25.1 Å². The van der Waals surface area contributed by atoms with Crippen LogP contribution in [0.1, 0.15) is 34.8 Å². The predicted molar refractivity (Wildman–Crippen MR) is 116 cm³/mol. The molecule has 0 aliphatic carbocycles. The lowest BCUT2D eigenvalue weighted by atomic mass is 9.89. The van der Waals surface area contributed by atoms with Crippen LogP contribution in [0.2, 0.25) is 0 Å². The molecule has 0 atom stereocenters. The zero-order chi connectivity index (χ0) is 20.5. The zero-order valence-electron chi connectivity index (χ0n) is 16.8. The molecule has 0 radical (unpaired) electrons. The number of hydrogen-bond acceptors (Lipinski definition) is 4. The number of thiophene rings is 1. The Morgan fingerprint density at radius 1 is 1.20 bits per heavy atom. The minimum absolute atomic E-state index is 0.0126. The molecule has 2 N–H and O–H groups in total. The summed E-state index contributed by atoms with van der Waals surface area (Å²) in [6.07, 6.45) is 6.57. The third kappa shape index (κ3) is 3.67. The number of carbonyl (C=O) groups is 2. The quantitative estimate of drug-likeness (QED) is 0.679. The van der Waals surface area contributed by atoms with Gasteiger partial charge in [-0.3, -0.25) is 4.79 Å². The molecule has 1 saturated heterocycles. The van der Waals surface area contributed by atoms with Gasteiger partial charge >= 0.3 is 6.03 Å². The maximum absolute atomic E-state index is 12.6. The summed E-state index contributed by atoms with van der Waals surface area (Å²) >= 11 is 1.76. The van der Waals surface area contributed by atoms with Crippen molar-refractivity contribution in [1.29, 1.82) is 0 Å². The minimum Gasteiger partial charge on any atom is -0.346 e. The normalized spacial score (nSPS) is 17.2. The van der Waals surface area contributed by atoms with Crippen molar-refractivity contribution in [2.75, 3.05) is 26.2 Å². The van der Waals surface area contributed by atoms with Crippen LogP contribution in [0.4, 0.5) is 4.79 Å².